The van der Waals surface area contributed by atoms with Crippen molar-refractivity contribution in [1.82, 2.24) is 4.90 Å². The van der Waals surface area contributed by atoms with Crippen LogP contribution in [0.1, 0.15) is 38.8 Å². The molecule has 124 valence electrons. The maximum absolute atomic E-state index is 12.3. The van der Waals surface area contributed by atoms with Crippen molar-refractivity contribution in [3.8, 4) is 0 Å². The number of carbonyl (C=O) groups is 3. The van der Waals surface area contributed by atoms with Crippen LogP contribution >= 0.6 is 0 Å². The Morgan fingerprint density at radius 3 is 1.42 bits per heavy atom. The Kier molecular flexibility index (Phi) is 4.69. The minimum Gasteiger partial charge on any atom is -0.399 e. The van der Waals surface area contributed by atoms with Crippen LogP contribution in [0.4, 0.5) is 11.4 Å². The predicted molar refractivity (Wildman–Crippen MR) is 92.9 cm³/mol. The van der Waals surface area contributed by atoms with Crippen molar-refractivity contribution in [2.24, 2.45) is 0 Å². The molecule has 0 radical (unpaired) electrons. The summed E-state index contributed by atoms with van der Waals surface area (Å²) in [5.74, 6) is -0.284. The third-order valence-electron chi connectivity index (χ3n) is 3.70. The largest absolute Gasteiger partial charge is 0.399 e. The molecule has 0 fully saturated rings. The molecule has 2 aromatic rings. The van der Waals surface area contributed by atoms with Gasteiger partial charge in [-0.15, -0.1) is 0 Å². The predicted octanol–water partition coefficient (Wildman–Crippen LogP) is 1.72. The molecule has 1 amide bonds. The van der Waals surface area contributed by atoms with E-state index in [0.29, 0.717) is 33.6 Å². The summed E-state index contributed by atoms with van der Waals surface area (Å²) in [7, 11) is 3.45. The molecule has 0 heterocycles. The van der Waals surface area contributed by atoms with Gasteiger partial charge in [-0.25, -0.2) is 0 Å². The van der Waals surface area contributed by atoms with Crippen LogP contribution in [0, 0.1) is 0 Å². The average Bonchev–Trinajstić information content (AvgIpc) is 2.53. The van der Waals surface area contributed by atoms with Crippen molar-refractivity contribution in [3.63, 3.8) is 0 Å². The topological polar surface area (TPSA) is 106 Å². The van der Waals surface area contributed by atoms with E-state index >= 15 is 0 Å². The number of nitrogen functional groups attached to an aromatic ring is 2. The third-order valence-corrected chi connectivity index (χ3v) is 3.70. The first-order valence-electron chi connectivity index (χ1n) is 7.28. The highest BCUT2D eigenvalue weighted by atomic mass is 16.2. The summed E-state index contributed by atoms with van der Waals surface area (Å²) >= 11 is 0. The smallest absolute Gasteiger partial charge is 0.218 e. The maximum atomic E-state index is 12.3. The summed E-state index contributed by atoms with van der Waals surface area (Å²) in [4.78, 5) is 36.1. The molecular weight excluding hydrogens is 306 g/mol. The highest BCUT2D eigenvalue weighted by Crippen LogP contribution is 2.29. The van der Waals surface area contributed by atoms with Gasteiger partial charge in [-0.05, 0) is 36.4 Å². The average molecular weight is 325 g/mol. The summed E-state index contributed by atoms with van der Waals surface area (Å²) in [5.41, 5.74) is 13.7. The van der Waals surface area contributed by atoms with Crippen molar-refractivity contribution >= 4 is 28.8 Å². The second kappa shape index (κ2) is 6.54. The molecule has 24 heavy (non-hydrogen) atoms. The molecule has 6 nitrogen and oxygen atoms in total. The number of rotatable bonds is 0. The summed E-state index contributed by atoms with van der Waals surface area (Å²) < 4.78 is 0. The minimum absolute atomic E-state index is 0.0926. The summed E-state index contributed by atoms with van der Waals surface area (Å²) in [6.45, 7) is 1.53. The van der Waals surface area contributed by atoms with E-state index in [1.165, 1.54) is 24.0 Å². The van der Waals surface area contributed by atoms with Gasteiger partial charge in [0.25, 0.3) is 0 Å². The van der Waals surface area contributed by atoms with Gasteiger partial charge in [0.2, 0.25) is 5.91 Å². The number of carbonyl (C=O) groups excluding carboxylic acids is 3. The zero-order valence-electron chi connectivity index (χ0n) is 13.8. The molecule has 1 aliphatic carbocycles. The van der Waals surface area contributed by atoms with Crippen LogP contribution in [-0.2, 0) is 4.79 Å². The second-order valence-electron chi connectivity index (χ2n) is 5.68. The van der Waals surface area contributed by atoms with Crippen molar-refractivity contribution in [1.29, 1.82) is 0 Å². The van der Waals surface area contributed by atoms with E-state index in [9.17, 15) is 14.4 Å². The molecule has 4 N–H and O–H groups in total. The number of hydrogen-bond acceptors (Lipinski definition) is 5. The van der Waals surface area contributed by atoms with Crippen LogP contribution in [0.25, 0.3) is 0 Å². The number of anilines is 2. The maximum Gasteiger partial charge on any atom is 0.218 e. The molecule has 0 spiro atoms. The van der Waals surface area contributed by atoms with Gasteiger partial charge in [0.15, 0.2) is 11.6 Å². The second-order valence-corrected chi connectivity index (χ2v) is 5.68. The summed E-state index contributed by atoms with van der Waals surface area (Å²) in [6, 6.07) is 9.46. The van der Waals surface area contributed by atoms with Gasteiger partial charge in [-0.1, -0.05) is 0 Å². The molecule has 0 aliphatic heterocycles. The van der Waals surface area contributed by atoms with Crippen molar-refractivity contribution < 1.29 is 14.4 Å². The van der Waals surface area contributed by atoms with Crippen molar-refractivity contribution in [2.45, 2.75) is 6.92 Å². The molecule has 0 atom stereocenters. The lowest BCUT2D eigenvalue weighted by atomic mass is 9.83. The Morgan fingerprint density at radius 2 is 1.12 bits per heavy atom. The lowest BCUT2D eigenvalue weighted by Gasteiger charge is -2.17. The van der Waals surface area contributed by atoms with Crippen LogP contribution in [0.3, 0.4) is 0 Å². The fourth-order valence-electron chi connectivity index (χ4n) is 2.19. The van der Waals surface area contributed by atoms with Gasteiger partial charge in [-0.3, -0.25) is 14.4 Å². The van der Waals surface area contributed by atoms with E-state index in [1.807, 2.05) is 0 Å². The molecule has 0 aromatic heterocycles. The van der Waals surface area contributed by atoms with E-state index in [-0.39, 0.29) is 17.5 Å². The number of nitrogens with two attached hydrogens (primary N) is 2. The Balaban J connectivity index is 0.000000301. The molecular formula is C18H19N3O3. The Morgan fingerprint density at radius 1 is 0.792 bits per heavy atom. The molecule has 6 heteroatoms. The highest BCUT2D eigenvalue weighted by molar-refractivity contribution is 6.28. The fourth-order valence-corrected chi connectivity index (χ4v) is 2.19. The fraction of sp³-hybridized carbons (Fsp3) is 0.167. The van der Waals surface area contributed by atoms with Gasteiger partial charge < -0.3 is 16.4 Å². The van der Waals surface area contributed by atoms with Gasteiger partial charge >= 0.3 is 0 Å². The third kappa shape index (κ3) is 3.27. The van der Waals surface area contributed by atoms with Crippen molar-refractivity contribution in [3.05, 3.63) is 58.7 Å². The molecule has 1 aliphatic rings. The van der Waals surface area contributed by atoms with E-state index in [0.717, 1.165) is 0 Å². The molecule has 2 aromatic carbocycles. The molecule has 3 rings (SSSR count). The highest BCUT2D eigenvalue weighted by Gasteiger charge is 2.29. The number of benzene rings is 2. The van der Waals surface area contributed by atoms with E-state index in [1.54, 1.807) is 38.4 Å². The van der Waals surface area contributed by atoms with E-state index < -0.39 is 0 Å². The van der Waals surface area contributed by atoms with Crippen LogP contribution < -0.4 is 11.5 Å². The van der Waals surface area contributed by atoms with Crippen LogP contribution in [0.15, 0.2) is 36.4 Å². The standard InChI is InChI=1S/C14H10N2O2.C4H9NO/c15-7-1-3-9-11(5-7)14(18)10-4-2-8(16)6-12(10)13(9)17;1-4(6)5(2)3/h1-6H,15-16H2;1-3H3. The first kappa shape index (κ1) is 17.2. The minimum atomic E-state index is -0.188. The van der Waals surface area contributed by atoms with Gasteiger partial charge in [-0.2, -0.15) is 0 Å². The zero-order chi connectivity index (χ0) is 18.0. The quantitative estimate of drug-likeness (QED) is 0.612. The summed E-state index contributed by atoms with van der Waals surface area (Å²) in [6.07, 6.45) is 0. The van der Waals surface area contributed by atoms with Gasteiger partial charge in [0, 0.05) is 54.6 Å². The molecule has 0 unspecified atom stereocenters. The number of ketones is 2. The Labute approximate surface area is 140 Å². The lowest BCUT2D eigenvalue weighted by Crippen LogP contribution is -2.21. The Bertz CT molecular complexity index is 780. The lowest BCUT2D eigenvalue weighted by molar-refractivity contribution is -0.126. The monoisotopic (exact) mass is 325 g/mol. The number of fused-ring (bicyclic) bond motifs is 2. The SMILES string of the molecule is CC(=O)N(C)C.Nc1ccc2c(c1)C(=O)c1ccc(N)cc1C2=O. The first-order valence-corrected chi connectivity index (χ1v) is 7.28. The number of nitrogens with zero attached hydrogens (tertiary/aromatic N) is 1. The first-order chi connectivity index (χ1) is 11.2. The van der Waals surface area contributed by atoms with Gasteiger partial charge in [0.1, 0.15) is 0 Å². The summed E-state index contributed by atoms with van der Waals surface area (Å²) in [5, 5.41) is 0. The normalized spacial score (nSPS) is 11.8. The van der Waals surface area contributed by atoms with E-state index in [4.69, 9.17) is 11.5 Å². The van der Waals surface area contributed by atoms with E-state index in [2.05, 4.69) is 0 Å². The number of amides is 1. The molecule has 0 saturated heterocycles. The number of hydrogen-bond donors (Lipinski definition) is 2. The zero-order valence-corrected chi connectivity index (χ0v) is 13.8. The van der Waals surface area contributed by atoms with Crippen LogP contribution in [-0.4, -0.2) is 36.5 Å². The molecule has 0 bridgehead atoms. The van der Waals surface area contributed by atoms with Crippen LogP contribution in [0.5, 0.6) is 0 Å². The molecule has 0 saturated carbocycles. The van der Waals surface area contributed by atoms with Gasteiger partial charge in [0.05, 0.1) is 0 Å². The van der Waals surface area contributed by atoms with Crippen molar-refractivity contribution in [2.75, 3.05) is 25.6 Å². The Hall–Kier alpha value is -3.15. The van der Waals surface area contributed by atoms with Crippen LogP contribution in [0.2, 0.25) is 0 Å².